The summed E-state index contributed by atoms with van der Waals surface area (Å²) in [6.45, 7) is 7.75. The van der Waals surface area contributed by atoms with Crippen LogP contribution in [0.3, 0.4) is 0 Å². The first-order valence-corrected chi connectivity index (χ1v) is 10.8. The molecule has 3 unspecified atom stereocenters. The van der Waals surface area contributed by atoms with Gasteiger partial charge in [-0.25, -0.2) is 9.59 Å². The van der Waals surface area contributed by atoms with Crippen LogP contribution in [0.4, 0.5) is 0 Å². The Kier molecular flexibility index (Phi) is 10.4. The van der Waals surface area contributed by atoms with E-state index in [4.69, 9.17) is 5.11 Å². The lowest BCUT2D eigenvalue weighted by molar-refractivity contribution is -0.149. The molecule has 4 N–H and O–H groups in total. The predicted octanol–water partition coefficient (Wildman–Crippen LogP) is 3.29. The van der Waals surface area contributed by atoms with Crippen LogP contribution in [0.15, 0.2) is 20.5 Å². The summed E-state index contributed by atoms with van der Waals surface area (Å²) in [6, 6.07) is 3.70. The van der Waals surface area contributed by atoms with Gasteiger partial charge in [-0.3, -0.25) is 9.59 Å². The van der Waals surface area contributed by atoms with E-state index in [2.05, 4.69) is 20.5 Å². The van der Waals surface area contributed by atoms with Gasteiger partial charge in [-0.15, -0.1) is 0 Å². The van der Waals surface area contributed by atoms with Crippen LogP contribution >= 0.6 is 0 Å². The molecule has 0 aromatic rings. The summed E-state index contributed by atoms with van der Waals surface area (Å²) < 4.78 is 0. The maximum absolute atomic E-state index is 12.3. The van der Waals surface area contributed by atoms with Crippen LogP contribution in [0.2, 0.25) is 0 Å². The Morgan fingerprint density at radius 3 is 1.58 bits per heavy atom. The lowest BCUT2D eigenvalue weighted by Crippen LogP contribution is -2.51. The van der Waals surface area contributed by atoms with Gasteiger partial charge >= 0.3 is 23.9 Å². The zero-order valence-electron chi connectivity index (χ0n) is 21.1. The molecule has 0 fully saturated rings. The molecule has 0 saturated heterocycles. The fourth-order valence-corrected chi connectivity index (χ4v) is 2.93. The van der Waals surface area contributed by atoms with Gasteiger partial charge in [0.25, 0.3) is 0 Å². The minimum Gasteiger partial charge on any atom is -0.481 e. The molecular formula is C22H32N6O8. The van der Waals surface area contributed by atoms with E-state index in [1.165, 1.54) is 41.5 Å². The second-order valence-electron chi connectivity index (χ2n) is 10.0. The lowest BCUT2D eigenvalue weighted by atomic mass is 9.66. The molecule has 0 aliphatic heterocycles. The monoisotopic (exact) mass is 508 g/mol. The topological polar surface area (TPSA) is 246 Å². The second-order valence-corrected chi connectivity index (χ2v) is 10.0. The molecule has 0 amide bonds. The van der Waals surface area contributed by atoms with Gasteiger partial charge in [-0.05, 0) is 47.0 Å². The lowest BCUT2D eigenvalue weighted by Gasteiger charge is -2.40. The van der Waals surface area contributed by atoms with Crippen LogP contribution in [0.1, 0.15) is 73.6 Å². The van der Waals surface area contributed by atoms with Crippen molar-refractivity contribution >= 4 is 23.9 Å². The summed E-state index contributed by atoms with van der Waals surface area (Å²) in [7, 11) is 0. The first-order valence-electron chi connectivity index (χ1n) is 10.8. The molecule has 14 heteroatoms. The maximum Gasteiger partial charge on any atom is 0.333 e. The third-order valence-electron chi connectivity index (χ3n) is 5.98. The summed E-state index contributed by atoms with van der Waals surface area (Å²) in [5.74, 6) is -5.28. The molecule has 3 atom stereocenters. The third kappa shape index (κ3) is 8.37. The van der Waals surface area contributed by atoms with E-state index in [1.54, 1.807) is 0 Å². The number of carboxylic acid groups (broad SMARTS) is 4. The highest BCUT2D eigenvalue weighted by Gasteiger charge is 2.53. The molecule has 0 saturated carbocycles. The van der Waals surface area contributed by atoms with Crippen LogP contribution in [0.5, 0.6) is 0 Å². The van der Waals surface area contributed by atoms with E-state index in [1.807, 2.05) is 12.1 Å². The molecule has 0 spiro atoms. The predicted molar refractivity (Wildman–Crippen MR) is 122 cm³/mol. The Morgan fingerprint density at radius 1 is 0.694 bits per heavy atom. The zero-order valence-corrected chi connectivity index (χ0v) is 21.1. The van der Waals surface area contributed by atoms with Crippen molar-refractivity contribution in [2.75, 3.05) is 0 Å². The van der Waals surface area contributed by atoms with Gasteiger partial charge in [0.15, 0.2) is 22.2 Å². The Hall–Kier alpha value is -3.94. The molecule has 0 aliphatic carbocycles. The molecule has 198 valence electrons. The van der Waals surface area contributed by atoms with Crippen LogP contribution in [0.25, 0.3) is 0 Å². The van der Waals surface area contributed by atoms with Crippen molar-refractivity contribution in [1.29, 1.82) is 10.5 Å². The highest BCUT2D eigenvalue weighted by atomic mass is 16.4. The summed E-state index contributed by atoms with van der Waals surface area (Å²) in [5.41, 5.74) is -8.88. The van der Waals surface area contributed by atoms with Crippen molar-refractivity contribution < 1.29 is 39.6 Å². The molecule has 0 bridgehead atoms. The van der Waals surface area contributed by atoms with E-state index in [9.17, 15) is 45.0 Å². The highest BCUT2D eigenvalue weighted by molar-refractivity contribution is 5.80. The standard InChI is InChI=1S/C22H32N6O8/c1-18(2,21(6,17(35)36)27-25-19(3,4)16(33)34)11-22(13-24,10-8-15(31)32)28-26-20(5,12-23)9-7-14(29)30/h7-11H2,1-6H3,(H,29,30)(H,31,32)(H,33,34)(H,35,36). The van der Waals surface area contributed by atoms with Crippen LogP contribution in [0, 0.1) is 28.1 Å². The number of nitriles is 2. The van der Waals surface area contributed by atoms with Gasteiger partial charge in [0.1, 0.15) is 0 Å². The van der Waals surface area contributed by atoms with Gasteiger partial charge in [-0.1, -0.05) is 13.8 Å². The second kappa shape index (κ2) is 11.7. The number of azo groups is 2. The summed E-state index contributed by atoms with van der Waals surface area (Å²) in [6.07, 6.45) is -2.02. The normalized spacial score (nSPS) is 17.3. The molecule has 0 aliphatic rings. The number of nitrogens with zero attached hydrogens (tertiary/aromatic N) is 6. The average molecular weight is 509 g/mol. The number of hydrogen-bond donors (Lipinski definition) is 4. The molecular weight excluding hydrogens is 476 g/mol. The fraction of sp³-hybridized carbons (Fsp3) is 0.727. The molecule has 0 aromatic heterocycles. The van der Waals surface area contributed by atoms with Crippen molar-refractivity contribution in [3.05, 3.63) is 0 Å². The Labute approximate surface area is 208 Å². The fourth-order valence-electron chi connectivity index (χ4n) is 2.93. The van der Waals surface area contributed by atoms with Crippen molar-refractivity contribution in [1.82, 2.24) is 0 Å². The molecule has 0 aromatic carbocycles. The summed E-state index contributed by atoms with van der Waals surface area (Å²) in [5, 5.41) is 72.3. The van der Waals surface area contributed by atoms with Crippen molar-refractivity contribution in [3.8, 4) is 12.1 Å². The van der Waals surface area contributed by atoms with Crippen molar-refractivity contribution in [2.45, 2.75) is 95.8 Å². The zero-order chi connectivity index (χ0) is 28.6. The van der Waals surface area contributed by atoms with Crippen LogP contribution in [-0.4, -0.2) is 66.5 Å². The molecule has 0 heterocycles. The Balaban J connectivity index is 6.64. The van der Waals surface area contributed by atoms with Gasteiger partial charge in [0.2, 0.25) is 0 Å². The third-order valence-corrected chi connectivity index (χ3v) is 5.98. The summed E-state index contributed by atoms with van der Waals surface area (Å²) >= 11 is 0. The first kappa shape index (κ1) is 32.1. The summed E-state index contributed by atoms with van der Waals surface area (Å²) in [4.78, 5) is 45.9. The Morgan fingerprint density at radius 2 is 1.19 bits per heavy atom. The maximum atomic E-state index is 12.3. The molecule has 0 radical (unpaired) electrons. The SMILES string of the molecule is CC(C#N)(CCC(=O)O)N=NC(C#N)(CCC(=O)O)CC(C)(C)C(C)(N=NC(C)(C)C(=O)O)C(=O)O. The minimum absolute atomic E-state index is 0.239. The minimum atomic E-state index is -2.08. The highest BCUT2D eigenvalue weighted by Crippen LogP contribution is 2.44. The number of carboxylic acids is 4. The van der Waals surface area contributed by atoms with E-state index in [-0.39, 0.29) is 6.42 Å². The van der Waals surface area contributed by atoms with Crippen LogP contribution < -0.4 is 0 Å². The van der Waals surface area contributed by atoms with Crippen LogP contribution in [-0.2, 0) is 19.2 Å². The van der Waals surface area contributed by atoms with E-state index >= 15 is 0 Å². The van der Waals surface area contributed by atoms with Gasteiger partial charge in [-0.2, -0.15) is 31.0 Å². The average Bonchev–Trinajstić information content (AvgIpc) is 2.77. The smallest absolute Gasteiger partial charge is 0.333 e. The molecule has 36 heavy (non-hydrogen) atoms. The van der Waals surface area contributed by atoms with Gasteiger partial charge in [0.05, 0.1) is 12.1 Å². The molecule has 14 nitrogen and oxygen atoms in total. The quantitative estimate of drug-likeness (QED) is 0.235. The van der Waals surface area contributed by atoms with Crippen molar-refractivity contribution in [3.63, 3.8) is 0 Å². The van der Waals surface area contributed by atoms with E-state index in [0.717, 1.165) is 0 Å². The number of hydrogen-bond acceptors (Lipinski definition) is 10. The largest absolute Gasteiger partial charge is 0.481 e. The number of carbonyl (C=O) groups is 4. The van der Waals surface area contributed by atoms with Gasteiger partial charge < -0.3 is 20.4 Å². The first-order chi connectivity index (χ1) is 16.2. The van der Waals surface area contributed by atoms with E-state index < -0.39 is 77.1 Å². The number of rotatable bonds is 15. The van der Waals surface area contributed by atoms with E-state index in [0.29, 0.717) is 0 Å². The van der Waals surface area contributed by atoms with Gasteiger partial charge in [0, 0.05) is 18.3 Å². The Bertz CT molecular complexity index is 1020. The molecule has 0 rings (SSSR count). The number of aliphatic carboxylic acids is 4. The van der Waals surface area contributed by atoms with Crippen molar-refractivity contribution in [2.24, 2.45) is 25.9 Å².